The van der Waals surface area contributed by atoms with Gasteiger partial charge in [0, 0.05) is 5.02 Å². The first-order chi connectivity index (χ1) is 13.0. The van der Waals surface area contributed by atoms with Gasteiger partial charge in [-0.05, 0) is 37.3 Å². The minimum Gasteiger partial charge on any atom is -0.322 e. The second-order valence-corrected chi connectivity index (χ2v) is 6.18. The van der Waals surface area contributed by atoms with Crippen LogP contribution in [0.5, 0.6) is 0 Å². The van der Waals surface area contributed by atoms with Crippen LogP contribution in [-0.4, -0.2) is 37.8 Å². The van der Waals surface area contributed by atoms with Gasteiger partial charge in [0.1, 0.15) is 0 Å². The van der Waals surface area contributed by atoms with Crippen LogP contribution in [0.4, 0.5) is 0 Å². The number of amides is 2. The number of hydroxylamine groups is 2. The predicted molar refractivity (Wildman–Crippen MR) is 93.5 cm³/mol. The third-order valence-electron chi connectivity index (χ3n) is 4.07. The van der Waals surface area contributed by atoms with Gasteiger partial charge in [0.25, 0.3) is 11.8 Å². The quantitative estimate of drug-likeness (QED) is 0.646. The highest BCUT2D eigenvalue weighted by Crippen LogP contribution is 2.24. The second kappa shape index (κ2) is 6.33. The van der Waals surface area contributed by atoms with E-state index in [1.54, 1.807) is 43.3 Å². The number of rotatable bonds is 3. The Hall–Kier alpha value is -3.52. The van der Waals surface area contributed by atoms with Crippen LogP contribution < -0.4 is 0 Å². The Morgan fingerprint density at radius 2 is 1.70 bits per heavy atom. The maximum atomic E-state index is 12.5. The summed E-state index contributed by atoms with van der Waals surface area (Å²) in [7, 11) is 0. The van der Waals surface area contributed by atoms with Crippen molar-refractivity contribution < 1.29 is 19.2 Å². The summed E-state index contributed by atoms with van der Waals surface area (Å²) < 4.78 is 1.41. The Labute approximate surface area is 157 Å². The van der Waals surface area contributed by atoms with Crippen LogP contribution in [0, 0.1) is 6.92 Å². The molecule has 0 unspecified atom stereocenters. The molecule has 2 heterocycles. The molecule has 1 aromatic heterocycles. The van der Waals surface area contributed by atoms with Crippen molar-refractivity contribution in [2.24, 2.45) is 0 Å². The van der Waals surface area contributed by atoms with Crippen molar-refractivity contribution >= 4 is 29.4 Å². The number of hydrogen-bond donors (Lipinski definition) is 0. The van der Waals surface area contributed by atoms with E-state index in [2.05, 4.69) is 10.3 Å². The van der Waals surface area contributed by atoms with Gasteiger partial charge in [-0.1, -0.05) is 40.1 Å². The number of imide groups is 1. The molecule has 1 aliphatic heterocycles. The molecule has 2 amide bonds. The summed E-state index contributed by atoms with van der Waals surface area (Å²) in [4.78, 5) is 42.1. The first-order valence-corrected chi connectivity index (χ1v) is 8.23. The number of hydrogen-bond acceptors (Lipinski definition) is 6. The van der Waals surface area contributed by atoms with Gasteiger partial charge >= 0.3 is 5.97 Å². The molecule has 0 saturated heterocycles. The van der Waals surface area contributed by atoms with Crippen LogP contribution in [0.25, 0.3) is 5.69 Å². The molecular formula is C18H11ClN4O4. The van der Waals surface area contributed by atoms with Gasteiger partial charge in [0.15, 0.2) is 5.69 Å². The number of carbonyl (C=O) groups is 3. The SMILES string of the molecule is Cc1c(C(=O)ON2C(=O)c3ccccc3C2=O)nnn1-c1cccc(Cl)c1. The summed E-state index contributed by atoms with van der Waals surface area (Å²) in [6.07, 6.45) is 0. The molecule has 134 valence electrons. The van der Waals surface area contributed by atoms with Crippen LogP contribution in [0.1, 0.15) is 36.9 Å². The molecule has 0 saturated carbocycles. The average molecular weight is 383 g/mol. The highest BCUT2D eigenvalue weighted by atomic mass is 35.5. The van der Waals surface area contributed by atoms with Crippen LogP contribution in [0.2, 0.25) is 5.02 Å². The maximum absolute atomic E-state index is 12.5. The molecule has 2 aromatic carbocycles. The van der Waals surface area contributed by atoms with Gasteiger partial charge in [-0.25, -0.2) is 9.48 Å². The highest BCUT2D eigenvalue weighted by molar-refractivity contribution is 6.30. The first-order valence-electron chi connectivity index (χ1n) is 7.85. The van der Waals surface area contributed by atoms with E-state index in [-0.39, 0.29) is 16.8 Å². The van der Waals surface area contributed by atoms with Crippen LogP contribution in [0.3, 0.4) is 0 Å². The van der Waals surface area contributed by atoms with E-state index < -0.39 is 17.8 Å². The summed E-state index contributed by atoms with van der Waals surface area (Å²) in [6.45, 7) is 1.61. The molecule has 0 N–H and O–H groups in total. The van der Waals surface area contributed by atoms with Crippen molar-refractivity contribution in [3.63, 3.8) is 0 Å². The fourth-order valence-corrected chi connectivity index (χ4v) is 2.93. The van der Waals surface area contributed by atoms with Crippen molar-refractivity contribution in [1.29, 1.82) is 0 Å². The zero-order valence-electron chi connectivity index (χ0n) is 13.9. The third-order valence-corrected chi connectivity index (χ3v) is 4.31. The lowest BCUT2D eigenvalue weighted by Crippen LogP contribution is -2.33. The standard InChI is InChI=1S/C18H11ClN4O4/c1-10-15(20-21-22(10)12-6-4-5-11(19)9-12)18(26)27-23-16(24)13-7-2-3-8-14(13)17(23)25/h2-9H,1H3. The Morgan fingerprint density at radius 3 is 2.33 bits per heavy atom. The topological polar surface area (TPSA) is 94.4 Å². The molecule has 9 heteroatoms. The molecule has 0 fully saturated rings. The summed E-state index contributed by atoms with van der Waals surface area (Å²) in [5, 5.41) is 8.66. The van der Waals surface area contributed by atoms with Gasteiger partial charge < -0.3 is 4.84 Å². The van der Waals surface area contributed by atoms with E-state index in [1.165, 1.54) is 16.8 Å². The lowest BCUT2D eigenvalue weighted by Gasteiger charge is -2.11. The van der Waals surface area contributed by atoms with Crippen molar-refractivity contribution in [2.75, 3.05) is 0 Å². The predicted octanol–water partition coefficient (Wildman–Crippen LogP) is 2.60. The number of halogens is 1. The van der Waals surface area contributed by atoms with E-state index in [4.69, 9.17) is 16.4 Å². The molecule has 8 nitrogen and oxygen atoms in total. The Balaban J connectivity index is 1.60. The van der Waals surface area contributed by atoms with Crippen molar-refractivity contribution in [3.05, 3.63) is 76.1 Å². The van der Waals surface area contributed by atoms with Gasteiger partial charge in [0.2, 0.25) is 0 Å². The Morgan fingerprint density at radius 1 is 1.04 bits per heavy atom. The largest absolute Gasteiger partial charge is 0.385 e. The van der Waals surface area contributed by atoms with E-state index in [1.807, 2.05) is 0 Å². The fraction of sp³-hybridized carbons (Fsp3) is 0.0556. The minimum atomic E-state index is -0.963. The van der Waals surface area contributed by atoms with Crippen LogP contribution in [-0.2, 0) is 4.84 Å². The number of aromatic nitrogens is 3. The van der Waals surface area contributed by atoms with Crippen LogP contribution >= 0.6 is 11.6 Å². The average Bonchev–Trinajstić information content (AvgIpc) is 3.16. The number of nitrogens with zero attached hydrogens (tertiary/aromatic N) is 4. The molecule has 0 bridgehead atoms. The van der Waals surface area contributed by atoms with Gasteiger partial charge in [0.05, 0.1) is 22.5 Å². The van der Waals surface area contributed by atoms with E-state index in [0.29, 0.717) is 21.5 Å². The lowest BCUT2D eigenvalue weighted by atomic mass is 10.1. The lowest BCUT2D eigenvalue weighted by molar-refractivity contribution is -0.0589. The highest BCUT2D eigenvalue weighted by Gasteiger charge is 2.39. The molecule has 0 radical (unpaired) electrons. The minimum absolute atomic E-state index is 0.119. The maximum Gasteiger partial charge on any atom is 0.385 e. The third kappa shape index (κ3) is 2.76. The van der Waals surface area contributed by atoms with E-state index in [0.717, 1.165) is 0 Å². The van der Waals surface area contributed by atoms with E-state index >= 15 is 0 Å². The van der Waals surface area contributed by atoms with Crippen molar-refractivity contribution in [3.8, 4) is 5.69 Å². The molecule has 0 spiro atoms. The summed E-state index contributed by atoms with van der Waals surface area (Å²) in [5.41, 5.74) is 1.21. The second-order valence-electron chi connectivity index (χ2n) is 5.74. The summed E-state index contributed by atoms with van der Waals surface area (Å²) in [6, 6.07) is 13.1. The Kier molecular flexibility index (Phi) is 3.97. The molecule has 27 heavy (non-hydrogen) atoms. The van der Waals surface area contributed by atoms with Crippen molar-refractivity contribution in [2.45, 2.75) is 6.92 Å². The number of fused-ring (bicyclic) bond motifs is 1. The van der Waals surface area contributed by atoms with Gasteiger partial charge in [-0.3, -0.25) is 9.59 Å². The zero-order chi connectivity index (χ0) is 19.1. The molecule has 4 rings (SSSR count). The molecule has 1 aliphatic rings. The van der Waals surface area contributed by atoms with Crippen LogP contribution in [0.15, 0.2) is 48.5 Å². The smallest absolute Gasteiger partial charge is 0.322 e. The molecular weight excluding hydrogens is 372 g/mol. The summed E-state index contributed by atoms with van der Waals surface area (Å²) >= 11 is 5.97. The molecule has 0 atom stereocenters. The molecule has 0 aliphatic carbocycles. The number of benzene rings is 2. The first kappa shape index (κ1) is 16.9. The molecule has 3 aromatic rings. The fourth-order valence-electron chi connectivity index (χ4n) is 2.75. The van der Waals surface area contributed by atoms with Gasteiger partial charge in [-0.15, -0.1) is 5.10 Å². The Bertz CT molecular complexity index is 1070. The zero-order valence-corrected chi connectivity index (χ0v) is 14.7. The van der Waals surface area contributed by atoms with Gasteiger partial charge in [-0.2, -0.15) is 0 Å². The normalized spacial score (nSPS) is 13.0. The summed E-state index contributed by atoms with van der Waals surface area (Å²) in [5.74, 6) is -2.37. The van der Waals surface area contributed by atoms with Crippen molar-refractivity contribution in [1.82, 2.24) is 20.1 Å². The number of carbonyl (C=O) groups excluding carboxylic acids is 3. The monoisotopic (exact) mass is 382 g/mol. The van der Waals surface area contributed by atoms with E-state index in [9.17, 15) is 14.4 Å².